The molecule has 0 unspecified atom stereocenters. The summed E-state index contributed by atoms with van der Waals surface area (Å²) in [6, 6.07) is 14.8. The van der Waals surface area contributed by atoms with Gasteiger partial charge in [0.15, 0.2) is 17.2 Å². The van der Waals surface area contributed by atoms with Crippen molar-refractivity contribution in [3.05, 3.63) is 103 Å². The minimum absolute atomic E-state index is 0.0346. The van der Waals surface area contributed by atoms with Gasteiger partial charge >= 0.3 is 17.1 Å². The lowest BCUT2D eigenvalue weighted by Gasteiger charge is -2.09. The Morgan fingerprint density at radius 3 is 1.53 bits per heavy atom. The summed E-state index contributed by atoms with van der Waals surface area (Å²) >= 11 is 5.39. The summed E-state index contributed by atoms with van der Waals surface area (Å²) in [7, 11) is 0. The molecule has 0 spiro atoms. The summed E-state index contributed by atoms with van der Waals surface area (Å²) < 4.78 is 28.5. The zero-order valence-electron chi connectivity index (χ0n) is 18.5. The van der Waals surface area contributed by atoms with Gasteiger partial charge in [-0.3, -0.25) is 30.3 Å². The van der Waals surface area contributed by atoms with Crippen LogP contribution in [0.1, 0.15) is 0 Å². The van der Waals surface area contributed by atoms with Crippen LogP contribution in [0.15, 0.2) is 66.7 Å². The molecule has 3 rings (SSSR count). The second kappa shape index (κ2) is 14.0. The number of ether oxygens (including phenoxy) is 3. The van der Waals surface area contributed by atoms with Crippen molar-refractivity contribution >= 4 is 28.7 Å². The highest BCUT2D eigenvalue weighted by molar-refractivity contribution is 6.18. The fraction of sp³-hybridized carbons (Fsp3) is 0.182. The molecule has 0 aliphatic carbocycles. The van der Waals surface area contributed by atoms with Crippen molar-refractivity contribution in [2.75, 3.05) is 25.7 Å². The van der Waals surface area contributed by atoms with Gasteiger partial charge < -0.3 is 14.2 Å². The highest BCUT2D eigenvalue weighted by Crippen LogP contribution is 2.28. The highest BCUT2D eigenvalue weighted by Gasteiger charge is 2.17. The summed E-state index contributed by atoms with van der Waals surface area (Å²) in [5.74, 6) is -0.291. The average Bonchev–Trinajstić information content (AvgIpc) is 2.86. The zero-order valence-corrected chi connectivity index (χ0v) is 19.2. The molecule has 0 aliphatic rings. The van der Waals surface area contributed by atoms with Crippen LogP contribution in [0.4, 0.5) is 21.5 Å². The first-order chi connectivity index (χ1) is 17.2. The van der Waals surface area contributed by atoms with Crippen LogP contribution in [-0.2, 0) is 0 Å². The Hall–Kier alpha value is -4.52. The van der Waals surface area contributed by atoms with Gasteiger partial charge in [-0.2, -0.15) is 0 Å². The minimum atomic E-state index is -0.697. The first-order valence-corrected chi connectivity index (χ1v) is 10.6. The number of hydrogen-bond acceptors (Lipinski definition) is 9. The van der Waals surface area contributed by atoms with Crippen LogP contribution in [0.5, 0.6) is 17.2 Å². The van der Waals surface area contributed by atoms with E-state index in [4.69, 9.17) is 25.8 Å². The van der Waals surface area contributed by atoms with Gasteiger partial charge in [-0.25, -0.2) is 4.39 Å². The van der Waals surface area contributed by atoms with Crippen molar-refractivity contribution < 1.29 is 33.4 Å². The molecule has 0 saturated heterocycles. The van der Waals surface area contributed by atoms with Gasteiger partial charge in [0.25, 0.3) is 0 Å². The zero-order chi connectivity index (χ0) is 26.5. The lowest BCUT2D eigenvalue weighted by atomic mass is 10.3. The molecule has 0 fully saturated rings. The van der Waals surface area contributed by atoms with Gasteiger partial charge in [0.2, 0.25) is 0 Å². The molecule has 36 heavy (non-hydrogen) atoms. The highest BCUT2D eigenvalue weighted by atomic mass is 35.5. The van der Waals surface area contributed by atoms with Crippen LogP contribution < -0.4 is 14.2 Å². The third-order valence-electron chi connectivity index (χ3n) is 4.18. The molecule has 0 bridgehead atoms. The number of alkyl halides is 1. The molecule has 0 saturated carbocycles. The Morgan fingerprint density at radius 1 is 0.639 bits per heavy atom. The summed E-state index contributed by atoms with van der Waals surface area (Å²) in [6.07, 6.45) is 0. The Balaban J connectivity index is 0.000000297. The smallest absolute Gasteiger partial charge is 0.311 e. The van der Waals surface area contributed by atoms with E-state index in [1.807, 2.05) is 0 Å². The summed E-state index contributed by atoms with van der Waals surface area (Å²) in [4.78, 5) is 30.3. The number of halogens is 2. The fourth-order valence-corrected chi connectivity index (χ4v) is 2.74. The van der Waals surface area contributed by atoms with E-state index in [2.05, 4.69) is 0 Å². The third kappa shape index (κ3) is 8.36. The molecule has 0 N–H and O–H groups in total. The van der Waals surface area contributed by atoms with Crippen LogP contribution in [0, 0.1) is 36.2 Å². The van der Waals surface area contributed by atoms with E-state index in [0.29, 0.717) is 5.88 Å². The predicted octanol–water partition coefficient (Wildman–Crippen LogP) is 5.31. The lowest BCUT2D eigenvalue weighted by Crippen LogP contribution is -2.10. The van der Waals surface area contributed by atoms with Gasteiger partial charge in [0, 0.05) is 24.3 Å². The van der Waals surface area contributed by atoms with Crippen molar-refractivity contribution in [2.24, 2.45) is 0 Å². The van der Waals surface area contributed by atoms with Gasteiger partial charge in [0.1, 0.15) is 25.6 Å². The molecular weight excluding hydrogens is 505 g/mol. The minimum Gasteiger partial charge on any atom is -0.486 e. The molecule has 3 aromatic rings. The number of para-hydroxylation sites is 4. The Morgan fingerprint density at radius 2 is 1.06 bits per heavy atom. The van der Waals surface area contributed by atoms with Crippen molar-refractivity contribution in [3.63, 3.8) is 0 Å². The molecule has 190 valence electrons. The van der Waals surface area contributed by atoms with E-state index in [9.17, 15) is 34.7 Å². The van der Waals surface area contributed by atoms with Crippen LogP contribution in [0.25, 0.3) is 0 Å². The van der Waals surface area contributed by atoms with Crippen molar-refractivity contribution in [1.82, 2.24) is 0 Å². The van der Waals surface area contributed by atoms with Crippen molar-refractivity contribution in [1.29, 1.82) is 0 Å². The topological polar surface area (TPSA) is 157 Å². The summed E-state index contributed by atoms with van der Waals surface area (Å²) in [5, 5.41) is 32.1. The molecule has 0 amide bonds. The van der Waals surface area contributed by atoms with Gasteiger partial charge in [-0.15, -0.1) is 11.6 Å². The van der Waals surface area contributed by atoms with E-state index < -0.39 is 20.6 Å². The number of benzene rings is 3. The predicted molar refractivity (Wildman–Crippen MR) is 126 cm³/mol. The van der Waals surface area contributed by atoms with E-state index in [1.165, 1.54) is 24.3 Å². The molecule has 14 heteroatoms. The maximum Gasteiger partial charge on any atom is 0.311 e. The largest absolute Gasteiger partial charge is 0.486 e. The first kappa shape index (κ1) is 27.7. The molecule has 0 aromatic heterocycles. The SMILES string of the molecule is O=[N+]([O-])c1ccccc1OCCCl.O=[N+]([O-])c1ccccc1OCCOc1cc(F)ccc1[N+](=O)[O-]. The molecular formula is C22H19ClFN3O9. The van der Waals surface area contributed by atoms with E-state index >= 15 is 0 Å². The molecule has 0 radical (unpaired) electrons. The third-order valence-corrected chi connectivity index (χ3v) is 4.33. The number of hydrogen-bond donors (Lipinski definition) is 0. The van der Waals surface area contributed by atoms with E-state index in [0.717, 1.165) is 18.2 Å². The number of nitro benzene ring substituents is 3. The van der Waals surface area contributed by atoms with Crippen LogP contribution in [0.2, 0.25) is 0 Å². The fourth-order valence-electron chi connectivity index (χ4n) is 2.67. The molecule has 0 aliphatic heterocycles. The Kier molecular flexibility index (Phi) is 10.8. The molecule has 12 nitrogen and oxygen atoms in total. The van der Waals surface area contributed by atoms with Crippen molar-refractivity contribution in [3.8, 4) is 17.2 Å². The number of nitrogens with zero attached hydrogens (tertiary/aromatic N) is 3. The summed E-state index contributed by atoms with van der Waals surface area (Å²) in [6.45, 7) is 0.0290. The van der Waals surface area contributed by atoms with E-state index in [1.54, 1.807) is 24.3 Å². The van der Waals surface area contributed by atoms with Gasteiger partial charge in [-0.1, -0.05) is 24.3 Å². The van der Waals surface area contributed by atoms with Gasteiger partial charge in [-0.05, 0) is 18.2 Å². The van der Waals surface area contributed by atoms with Gasteiger partial charge in [0.05, 0.1) is 20.6 Å². The molecule has 0 atom stereocenters. The van der Waals surface area contributed by atoms with E-state index in [-0.39, 0.29) is 54.1 Å². The Bertz CT molecular complexity index is 1210. The second-order valence-electron chi connectivity index (χ2n) is 6.55. The standard InChI is InChI=1S/C14H11FN2O6.C8H8ClNO3/c15-10-5-6-12(17(20)21)14(9-10)23-8-7-22-13-4-2-1-3-11(13)16(18)19;9-5-6-13-8-4-2-1-3-7(8)10(11)12/h1-6,9H,7-8H2;1-4H,5-6H2. The molecule has 0 heterocycles. The normalized spacial score (nSPS) is 9.94. The number of rotatable bonds is 11. The van der Waals surface area contributed by atoms with Crippen LogP contribution in [-0.4, -0.2) is 40.5 Å². The monoisotopic (exact) mass is 523 g/mol. The van der Waals surface area contributed by atoms with Crippen LogP contribution >= 0.6 is 11.6 Å². The number of nitro groups is 3. The summed E-state index contributed by atoms with van der Waals surface area (Å²) in [5.41, 5.74) is -0.617. The maximum atomic E-state index is 13.1. The Labute approximate surface area is 208 Å². The first-order valence-electron chi connectivity index (χ1n) is 10.1. The second-order valence-corrected chi connectivity index (χ2v) is 6.93. The molecule has 3 aromatic carbocycles. The lowest BCUT2D eigenvalue weighted by molar-refractivity contribution is -0.386. The van der Waals surface area contributed by atoms with Crippen molar-refractivity contribution in [2.45, 2.75) is 0 Å². The van der Waals surface area contributed by atoms with Crippen LogP contribution in [0.3, 0.4) is 0 Å². The quantitative estimate of drug-likeness (QED) is 0.140. The maximum absolute atomic E-state index is 13.1. The average molecular weight is 524 g/mol.